The fraction of sp³-hybridized carbons (Fsp3) is 0.250. The van der Waals surface area contributed by atoms with E-state index in [2.05, 4.69) is 21.2 Å². The summed E-state index contributed by atoms with van der Waals surface area (Å²) < 4.78 is 33.3. The average Bonchev–Trinajstić information content (AvgIpc) is 2.43. The minimum absolute atomic E-state index is 0.0556. The Labute approximate surface area is 131 Å². The lowest BCUT2D eigenvalue weighted by molar-refractivity contribution is 0.423. The van der Waals surface area contributed by atoms with Crippen LogP contribution in [0.2, 0.25) is 0 Å². The van der Waals surface area contributed by atoms with E-state index in [9.17, 15) is 8.78 Å². The van der Waals surface area contributed by atoms with E-state index in [1.807, 2.05) is 19.9 Å². The first kappa shape index (κ1) is 15.9. The Morgan fingerprint density at radius 3 is 2.67 bits per heavy atom. The van der Waals surface area contributed by atoms with Crippen LogP contribution >= 0.6 is 15.9 Å². The predicted molar refractivity (Wildman–Crippen MR) is 82.7 cm³/mol. The van der Waals surface area contributed by atoms with Crippen molar-refractivity contribution in [2.75, 3.05) is 6.54 Å². The second kappa shape index (κ2) is 7.00. The quantitative estimate of drug-likeness (QED) is 0.796. The molecule has 0 heterocycles. The highest BCUT2D eigenvalue weighted by Crippen LogP contribution is 2.35. The lowest BCUT2D eigenvalue weighted by Gasteiger charge is -2.18. The minimum Gasteiger partial charge on any atom is -0.453 e. The van der Waals surface area contributed by atoms with E-state index in [4.69, 9.17) is 4.74 Å². The highest BCUT2D eigenvalue weighted by Gasteiger charge is 2.17. The number of para-hydroxylation sites is 1. The van der Waals surface area contributed by atoms with E-state index in [0.717, 1.165) is 6.54 Å². The van der Waals surface area contributed by atoms with Gasteiger partial charge in [0.1, 0.15) is 11.6 Å². The van der Waals surface area contributed by atoms with Crippen LogP contribution in [0.4, 0.5) is 8.78 Å². The third-order valence-corrected chi connectivity index (χ3v) is 3.70. The molecule has 0 aliphatic carbocycles. The molecule has 21 heavy (non-hydrogen) atoms. The van der Waals surface area contributed by atoms with Gasteiger partial charge >= 0.3 is 0 Å². The Kier molecular flexibility index (Phi) is 5.31. The Morgan fingerprint density at radius 2 is 2.00 bits per heavy atom. The van der Waals surface area contributed by atoms with Crippen LogP contribution in [0.1, 0.15) is 25.5 Å². The van der Waals surface area contributed by atoms with E-state index in [-0.39, 0.29) is 17.6 Å². The highest BCUT2D eigenvalue weighted by molar-refractivity contribution is 9.10. The molecule has 2 aromatic carbocycles. The summed E-state index contributed by atoms with van der Waals surface area (Å²) in [6.07, 6.45) is 0. The van der Waals surface area contributed by atoms with Crippen LogP contribution in [0.25, 0.3) is 0 Å². The molecule has 0 amide bonds. The molecule has 0 aliphatic rings. The molecule has 112 valence electrons. The molecule has 0 aromatic heterocycles. The van der Waals surface area contributed by atoms with Gasteiger partial charge in [0, 0.05) is 11.6 Å². The fourth-order valence-electron chi connectivity index (χ4n) is 2.06. The first-order chi connectivity index (χ1) is 10.0. The zero-order valence-corrected chi connectivity index (χ0v) is 13.4. The molecular formula is C16H16BrF2NO. The van der Waals surface area contributed by atoms with Crippen molar-refractivity contribution >= 4 is 15.9 Å². The van der Waals surface area contributed by atoms with Gasteiger partial charge in [-0.3, -0.25) is 0 Å². The van der Waals surface area contributed by atoms with Crippen LogP contribution in [-0.4, -0.2) is 6.54 Å². The lowest BCUT2D eigenvalue weighted by Crippen LogP contribution is -2.18. The average molecular weight is 356 g/mol. The Bertz CT molecular complexity index is 634. The number of ether oxygens (including phenoxy) is 1. The number of nitrogens with one attached hydrogen (secondary N) is 1. The Balaban J connectivity index is 2.38. The largest absolute Gasteiger partial charge is 0.453 e. The van der Waals surface area contributed by atoms with E-state index < -0.39 is 5.82 Å². The van der Waals surface area contributed by atoms with Crippen molar-refractivity contribution in [3.63, 3.8) is 0 Å². The predicted octanol–water partition coefficient (Wildman–Crippen LogP) is 5.19. The summed E-state index contributed by atoms with van der Waals surface area (Å²) in [6.45, 7) is 4.68. The van der Waals surface area contributed by atoms with Crippen molar-refractivity contribution < 1.29 is 13.5 Å². The van der Waals surface area contributed by atoms with Gasteiger partial charge < -0.3 is 10.1 Å². The number of hydrogen-bond donors (Lipinski definition) is 1. The van der Waals surface area contributed by atoms with Crippen molar-refractivity contribution in [2.45, 2.75) is 19.9 Å². The number of halogens is 3. The highest BCUT2D eigenvalue weighted by atomic mass is 79.9. The number of rotatable bonds is 5. The minimum atomic E-state index is -0.450. The lowest BCUT2D eigenvalue weighted by atomic mass is 10.1. The van der Waals surface area contributed by atoms with E-state index in [1.165, 1.54) is 24.3 Å². The van der Waals surface area contributed by atoms with Crippen molar-refractivity contribution in [2.24, 2.45) is 0 Å². The van der Waals surface area contributed by atoms with Gasteiger partial charge in [-0.2, -0.15) is 0 Å². The topological polar surface area (TPSA) is 21.3 Å². The van der Waals surface area contributed by atoms with Crippen LogP contribution < -0.4 is 10.1 Å². The molecule has 5 heteroatoms. The molecule has 0 fully saturated rings. The van der Waals surface area contributed by atoms with Crippen LogP contribution in [-0.2, 0) is 0 Å². The maximum absolute atomic E-state index is 14.1. The number of benzene rings is 2. The standard InChI is InChI=1S/C16H16BrF2NO/c1-3-20-10(2)12-5-4-6-14(19)16(12)21-15-8-7-11(18)9-13(15)17/h4-10,20H,3H2,1-2H3. The molecule has 1 atom stereocenters. The normalized spacial score (nSPS) is 12.2. The second-order valence-electron chi connectivity index (χ2n) is 4.61. The monoisotopic (exact) mass is 355 g/mol. The Hall–Kier alpha value is -1.46. The third kappa shape index (κ3) is 3.80. The number of hydrogen-bond acceptors (Lipinski definition) is 2. The van der Waals surface area contributed by atoms with Gasteiger partial charge in [-0.15, -0.1) is 0 Å². The van der Waals surface area contributed by atoms with Crippen LogP contribution in [0.3, 0.4) is 0 Å². The van der Waals surface area contributed by atoms with E-state index in [0.29, 0.717) is 15.8 Å². The van der Waals surface area contributed by atoms with Crippen LogP contribution in [0, 0.1) is 11.6 Å². The molecule has 0 saturated heterocycles. The summed E-state index contributed by atoms with van der Waals surface area (Å²) in [4.78, 5) is 0. The first-order valence-corrected chi connectivity index (χ1v) is 7.47. The zero-order valence-electron chi connectivity index (χ0n) is 11.8. The van der Waals surface area contributed by atoms with Gasteiger partial charge in [0.05, 0.1) is 4.47 Å². The smallest absolute Gasteiger partial charge is 0.167 e. The molecule has 1 unspecified atom stereocenters. The van der Waals surface area contributed by atoms with E-state index in [1.54, 1.807) is 6.07 Å². The maximum Gasteiger partial charge on any atom is 0.167 e. The fourth-order valence-corrected chi connectivity index (χ4v) is 2.49. The second-order valence-corrected chi connectivity index (χ2v) is 5.47. The summed E-state index contributed by atoms with van der Waals surface area (Å²) in [5, 5.41) is 3.22. The van der Waals surface area contributed by atoms with Gasteiger partial charge in [0.25, 0.3) is 0 Å². The molecule has 0 spiro atoms. The summed E-state index contributed by atoms with van der Waals surface area (Å²) >= 11 is 3.22. The first-order valence-electron chi connectivity index (χ1n) is 6.67. The van der Waals surface area contributed by atoms with Crippen molar-refractivity contribution in [3.8, 4) is 11.5 Å². The molecule has 1 N–H and O–H groups in total. The molecule has 2 aromatic rings. The molecule has 0 aliphatic heterocycles. The molecular weight excluding hydrogens is 340 g/mol. The van der Waals surface area contributed by atoms with Gasteiger partial charge in [-0.05, 0) is 53.7 Å². The van der Waals surface area contributed by atoms with Crippen LogP contribution in [0.15, 0.2) is 40.9 Å². The van der Waals surface area contributed by atoms with Crippen molar-refractivity contribution in [1.82, 2.24) is 5.32 Å². The Morgan fingerprint density at radius 1 is 1.24 bits per heavy atom. The van der Waals surface area contributed by atoms with Gasteiger partial charge in [0.2, 0.25) is 0 Å². The molecule has 0 radical (unpaired) electrons. The van der Waals surface area contributed by atoms with E-state index >= 15 is 0 Å². The summed E-state index contributed by atoms with van der Waals surface area (Å²) in [5.41, 5.74) is 0.716. The van der Waals surface area contributed by atoms with Crippen molar-refractivity contribution in [1.29, 1.82) is 0 Å². The third-order valence-electron chi connectivity index (χ3n) is 3.08. The zero-order chi connectivity index (χ0) is 15.4. The summed E-state index contributed by atoms with van der Waals surface area (Å²) in [5.74, 6) is -0.317. The molecule has 2 rings (SSSR count). The van der Waals surface area contributed by atoms with Gasteiger partial charge in [-0.25, -0.2) is 8.78 Å². The SMILES string of the molecule is CCNC(C)c1cccc(F)c1Oc1ccc(F)cc1Br. The maximum atomic E-state index is 14.1. The molecule has 0 bridgehead atoms. The summed E-state index contributed by atoms with van der Waals surface area (Å²) in [6, 6.07) is 8.76. The van der Waals surface area contributed by atoms with Crippen molar-refractivity contribution in [3.05, 3.63) is 58.1 Å². The van der Waals surface area contributed by atoms with Crippen LogP contribution in [0.5, 0.6) is 11.5 Å². The molecule has 2 nitrogen and oxygen atoms in total. The molecule has 0 saturated carbocycles. The van der Waals surface area contributed by atoms with Gasteiger partial charge in [-0.1, -0.05) is 19.1 Å². The summed E-state index contributed by atoms with van der Waals surface area (Å²) in [7, 11) is 0. The van der Waals surface area contributed by atoms with Gasteiger partial charge in [0.15, 0.2) is 11.6 Å².